The maximum Gasteiger partial charge on any atom is 0.274 e. The van der Waals surface area contributed by atoms with E-state index in [1.165, 1.54) is 0 Å². The normalized spacial score (nSPS) is 19.1. The Balaban J connectivity index is 1.78. The van der Waals surface area contributed by atoms with Crippen molar-refractivity contribution in [2.75, 3.05) is 13.7 Å². The number of hydrogen-bond donors (Lipinski definition) is 0. The predicted octanol–water partition coefficient (Wildman–Crippen LogP) is 3.11. The van der Waals surface area contributed by atoms with Crippen molar-refractivity contribution in [3.05, 3.63) is 46.8 Å². The molecule has 0 N–H and O–H groups in total. The number of aryl methyl sites for hydroxylation is 1. The van der Waals surface area contributed by atoms with Gasteiger partial charge in [0.05, 0.1) is 24.5 Å². The molecule has 1 aromatic carbocycles. The third-order valence-electron chi connectivity index (χ3n) is 4.71. The number of carbonyl (C=O) groups excluding carboxylic acids is 1. The van der Waals surface area contributed by atoms with Crippen molar-refractivity contribution < 1.29 is 14.3 Å². The van der Waals surface area contributed by atoms with Gasteiger partial charge < -0.3 is 14.4 Å². The average molecular weight is 357 g/mol. The van der Waals surface area contributed by atoms with E-state index in [0.29, 0.717) is 25.3 Å². The van der Waals surface area contributed by atoms with Gasteiger partial charge in [-0.1, -0.05) is 12.1 Å². The second-order valence-corrected chi connectivity index (χ2v) is 6.87. The number of hydrogen-bond acceptors (Lipinski definition) is 4. The van der Waals surface area contributed by atoms with Gasteiger partial charge in [-0.2, -0.15) is 5.10 Å². The largest absolute Gasteiger partial charge is 0.494 e. The summed E-state index contributed by atoms with van der Waals surface area (Å²) in [5, 5.41) is 4.50. The van der Waals surface area contributed by atoms with E-state index < -0.39 is 0 Å². The Morgan fingerprint density at radius 2 is 2.04 bits per heavy atom. The lowest BCUT2D eigenvalue weighted by Crippen LogP contribution is -2.29. The zero-order valence-corrected chi connectivity index (χ0v) is 16.2. The van der Waals surface area contributed by atoms with Gasteiger partial charge in [-0.25, -0.2) is 0 Å². The van der Waals surface area contributed by atoms with Crippen LogP contribution < -0.4 is 4.74 Å². The van der Waals surface area contributed by atoms with Crippen LogP contribution in [0.4, 0.5) is 0 Å². The first-order valence-electron chi connectivity index (χ1n) is 9.09. The Hall–Kier alpha value is -2.34. The van der Waals surface area contributed by atoms with Crippen LogP contribution in [0.2, 0.25) is 0 Å². The first kappa shape index (κ1) is 18.5. The minimum atomic E-state index is -0.0583. The van der Waals surface area contributed by atoms with Crippen molar-refractivity contribution in [2.24, 2.45) is 7.05 Å². The van der Waals surface area contributed by atoms with Gasteiger partial charge in [0.1, 0.15) is 5.75 Å². The van der Waals surface area contributed by atoms with Crippen LogP contribution in [0.5, 0.6) is 5.75 Å². The summed E-state index contributed by atoms with van der Waals surface area (Å²) in [5.41, 5.74) is 3.61. The van der Waals surface area contributed by atoms with Crippen molar-refractivity contribution >= 4 is 5.91 Å². The summed E-state index contributed by atoms with van der Waals surface area (Å²) in [7, 11) is 3.68. The molecule has 0 saturated carbocycles. The van der Waals surface area contributed by atoms with E-state index in [1.54, 1.807) is 9.58 Å². The fourth-order valence-corrected chi connectivity index (χ4v) is 3.60. The Bertz CT molecular complexity index is 782. The van der Waals surface area contributed by atoms with E-state index in [0.717, 1.165) is 22.6 Å². The highest BCUT2D eigenvalue weighted by Crippen LogP contribution is 2.32. The number of fused-ring (bicyclic) bond motifs is 1. The number of nitrogens with zero attached hydrogens (tertiary/aromatic N) is 3. The number of amides is 1. The molecule has 1 amide bonds. The molecule has 1 aliphatic rings. The van der Waals surface area contributed by atoms with E-state index in [-0.39, 0.29) is 18.1 Å². The molecule has 6 heteroatoms. The van der Waals surface area contributed by atoms with Gasteiger partial charge in [-0.05, 0) is 38.5 Å². The lowest BCUT2D eigenvalue weighted by atomic mass is 9.99. The van der Waals surface area contributed by atoms with Crippen molar-refractivity contribution in [1.82, 2.24) is 14.7 Å². The van der Waals surface area contributed by atoms with Crippen LogP contribution in [0, 0.1) is 0 Å². The zero-order chi connectivity index (χ0) is 18.8. The first-order chi connectivity index (χ1) is 12.4. The van der Waals surface area contributed by atoms with Crippen LogP contribution in [0.1, 0.15) is 54.2 Å². The quantitative estimate of drug-likeness (QED) is 0.825. The molecule has 0 unspecified atom stereocenters. The summed E-state index contributed by atoms with van der Waals surface area (Å²) >= 11 is 0. The highest BCUT2D eigenvalue weighted by atomic mass is 16.5. The molecule has 0 spiro atoms. The fraction of sp³-hybridized carbons (Fsp3) is 0.500. The fourth-order valence-electron chi connectivity index (χ4n) is 3.60. The van der Waals surface area contributed by atoms with Crippen molar-refractivity contribution in [3.8, 4) is 5.75 Å². The number of benzene rings is 1. The SMILES string of the molecule is CCOc1ccc(CN(C)C(=O)c2nn(C)c3c2C[C@H](C)O[C@@H]3C)cc1. The lowest BCUT2D eigenvalue weighted by Gasteiger charge is -2.26. The second-order valence-electron chi connectivity index (χ2n) is 6.87. The summed E-state index contributed by atoms with van der Waals surface area (Å²) in [6.07, 6.45) is 0.750. The molecule has 1 aliphatic heterocycles. The summed E-state index contributed by atoms with van der Waals surface area (Å²) in [6.45, 7) is 7.17. The first-order valence-corrected chi connectivity index (χ1v) is 9.09. The van der Waals surface area contributed by atoms with Crippen LogP contribution in [-0.2, 0) is 24.8 Å². The molecule has 2 heterocycles. The predicted molar refractivity (Wildman–Crippen MR) is 99.3 cm³/mol. The van der Waals surface area contributed by atoms with Gasteiger partial charge in [0.15, 0.2) is 5.69 Å². The summed E-state index contributed by atoms with van der Waals surface area (Å²) in [4.78, 5) is 14.7. The molecular weight excluding hydrogens is 330 g/mol. The van der Waals surface area contributed by atoms with Gasteiger partial charge in [0.25, 0.3) is 5.91 Å². The maximum absolute atomic E-state index is 13.0. The highest BCUT2D eigenvalue weighted by Gasteiger charge is 2.32. The van der Waals surface area contributed by atoms with Gasteiger partial charge in [0.2, 0.25) is 0 Å². The van der Waals surface area contributed by atoms with Crippen molar-refractivity contribution in [1.29, 1.82) is 0 Å². The van der Waals surface area contributed by atoms with Crippen LogP contribution in [0.3, 0.4) is 0 Å². The monoisotopic (exact) mass is 357 g/mol. The Kier molecular flexibility index (Phi) is 5.32. The minimum Gasteiger partial charge on any atom is -0.494 e. The molecule has 6 nitrogen and oxygen atoms in total. The molecule has 0 fully saturated rings. The molecule has 140 valence electrons. The zero-order valence-electron chi connectivity index (χ0n) is 16.2. The maximum atomic E-state index is 13.0. The van der Waals surface area contributed by atoms with Crippen molar-refractivity contribution in [2.45, 2.75) is 45.9 Å². The van der Waals surface area contributed by atoms with Crippen LogP contribution >= 0.6 is 0 Å². The standard InChI is InChI=1S/C20H27N3O3/c1-6-25-16-9-7-15(8-10-16)12-22(4)20(24)18-17-11-13(2)26-14(3)19(17)23(5)21-18/h7-10,13-14H,6,11-12H2,1-5H3/t13-,14+/m0/s1. The van der Waals surface area contributed by atoms with E-state index in [2.05, 4.69) is 5.10 Å². The van der Waals surface area contributed by atoms with E-state index in [1.807, 2.05) is 59.1 Å². The molecule has 0 aliphatic carbocycles. The smallest absolute Gasteiger partial charge is 0.274 e. The topological polar surface area (TPSA) is 56.6 Å². The molecular formula is C20H27N3O3. The molecule has 0 saturated heterocycles. The third kappa shape index (κ3) is 3.60. The molecule has 2 atom stereocenters. The Morgan fingerprint density at radius 3 is 2.69 bits per heavy atom. The molecule has 2 aromatic rings. The van der Waals surface area contributed by atoms with Crippen molar-refractivity contribution in [3.63, 3.8) is 0 Å². The third-order valence-corrected chi connectivity index (χ3v) is 4.71. The summed E-state index contributed by atoms with van der Waals surface area (Å²) < 4.78 is 13.1. The average Bonchev–Trinajstić information content (AvgIpc) is 2.92. The number of ether oxygens (including phenoxy) is 2. The number of rotatable bonds is 5. The molecule has 0 radical (unpaired) electrons. The van der Waals surface area contributed by atoms with Gasteiger partial charge in [-0.15, -0.1) is 0 Å². The van der Waals surface area contributed by atoms with Gasteiger partial charge in [0, 0.05) is 32.6 Å². The van der Waals surface area contributed by atoms with E-state index >= 15 is 0 Å². The summed E-state index contributed by atoms with van der Waals surface area (Å²) in [6, 6.07) is 7.84. The second kappa shape index (κ2) is 7.50. The molecule has 3 rings (SSSR count). The van der Waals surface area contributed by atoms with E-state index in [4.69, 9.17) is 9.47 Å². The Labute approximate surface area is 154 Å². The van der Waals surface area contributed by atoms with Crippen LogP contribution in [0.15, 0.2) is 24.3 Å². The molecule has 0 bridgehead atoms. The van der Waals surface area contributed by atoms with Crippen LogP contribution in [0.25, 0.3) is 0 Å². The molecule has 26 heavy (non-hydrogen) atoms. The van der Waals surface area contributed by atoms with Gasteiger partial charge in [-0.3, -0.25) is 9.48 Å². The molecule has 1 aromatic heterocycles. The van der Waals surface area contributed by atoms with Crippen LogP contribution in [-0.4, -0.2) is 40.3 Å². The lowest BCUT2D eigenvalue weighted by molar-refractivity contribution is -0.00906. The minimum absolute atomic E-state index is 0.0517. The van der Waals surface area contributed by atoms with E-state index in [9.17, 15) is 4.79 Å². The van der Waals surface area contributed by atoms with Gasteiger partial charge >= 0.3 is 0 Å². The summed E-state index contributed by atoms with van der Waals surface area (Å²) in [5.74, 6) is 0.782. The number of aromatic nitrogens is 2. The number of carbonyl (C=O) groups is 1. The Morgan fingerprint density at radius 1 is 1.35 bits per heavy atom. The highest BCUT2D eigenvalue weighted by molar-refractivity contribution is 5.94.